The van der Waals surface area contributed by atoms with Gasteiger partial charge in [0.05, 0.1) is 11.6 Å². The number of nitrogens with two attached hydrogens (primary N) is 1. The molecule has 84 valence electrons. The molecule has 0 spiro atoms. The Morgan fingerprint density at radius 1 is 1.50 bits per heavy atom. The summed E-state index contributed by atoms with van der Waals surface area (Å²) >= 11 is 0. The van der Waals surface area contributed by atoms with E-state index in [2.05, 4.69) is 0 Å². The van der Waals surface area contributed by atoms with E-state index in [-0.39, 0.29) is 11.1 Å². The molecule has 0 aromatic heterocycles. The van der Waals surface area contributed by atoms with Crippen LogP contribution in [0.3, 0.4) is 0 Å². The lowest BCUT2D eigenvalue weighted by Gasteiger charge is -2.16. The molecule has 16 heavy (non-hydrogen) atoms. The third-order valence-electron chi connectivity index (χ3n) is 2.04. The van der Waals surface area contributed by atoms with Gasteiger partial charge in [-0.05, 0) is 18.2 Å². The van der Waals surface area contributed by atoms with Crippen LogP contribution in [-0.2, 0) is 4.79 Å². The molecule has 2 atom stereocenters. The van der Waals surface area contributed by atoms with Crippen molar-refractivity contribution in [3.05, 3.63) is 35.1 Å². The Morgan fingerprint density at radius 2 is 2.12 bits per heavy atom. The van der Waals surface area contributed by atoms with Crippen molar-refractivity contribution in [1.82, 2.24) is 0 Å². The zero-order valence-corrected chi connectivity index (χ0v) is 8.09. The normalized spacial score (nSPS) is 13.9. The first-order valence-electron chi connectivity index (χ1n) is 4.32. The molecule has 0 radical (unpaired) electrons. The van der Waals surface area contributed by atoms with E-state index >= 15 is 0 Å². The van der Waals surface area contributed by atoms with E-state index in [0.29, 0.717) is 0 Å². The van der Waals surface area contributed by atoms with Crippen molar-refractivity contribution in [2.45, 2.75) is 12.2 Å². The minimum absolute atomic E-state index is 0.0331. The highest BCUT2D eigenvalue weighted by Crippen LogP contribution is 2.21. The largest absolute Gasteiger partial charge is 0.385 e. The van der Waals surface area contributed by atoms with Crippen LogP contribution in [0.1, 0.15) is 17.2 Å². The number of rotatable bonds is 3. The van der Waals surface area contributed by atoms with Gasteiger partial charge in [-0.3, -0.25) is 4.79 Å². The molecule has 6 heteroatoms. The smallest absolute Gasteiger partial charge is 0.249 e. The molecule has 2 unspecified atom stereocenters. The summed E-state index contributed by atoms with van der Waals surface area (Å²) in [6, 6.07) is 4.75. The van der Waals surface area contributed by atoms with E-state index in [9.17, 15) is 19.4 Å². The summed E-state index contributed by atoms with van der Waals surface area (Å²) in [5, 5.41) is 27.4. The lowest BCUT2D eigenvalue weighted by atomic mass is 9.99. The van der Waals surface area contributed by atoms with Crippen molar-refractivity contribution >= 4 is 5.91 Å². The van der Waals surface area contributed by atoms with E-state index < -0.39 is 23.9 Å². The van der Waals surface area contributed by atoms with Gasteiger partial charge in [0.1, 0.15) is 11.9 Å². The second kappa shape index (κ2) is 4.70. The number of benzene rings is 1. The lowest BCUT2D eigenvalue weighted by molar-refractivity contribution is -0.132. The molecular weight excluding hydrogens is 215 g/mol. The summed E-state index contributed by atoms with van der Waals surface area (Å²) < 4.78 is 12.9. The summed E-state index contributed by atoms with van der Waals surface area (Å²) in [5.41, 5.74) is 4.57. The Morgan fingerprint density at radius 3 is 2.62 bits per heavy atom. The fourth-order valence-corrected chi connectivity index (χ4v) is 1.21. The SMILES string of the molecule is N#Cc1ccc(F)cc1C(O)C(O)C(N)=O. The Labute approximate surface area is 90.5 Å². The van der Waals surface area contributed by atoms with Gasteiger partial charge in [0.2, 0.25) is 5.91 Å². The van der Waals surface area contributed by atoms with Gasteiger partial charge < -0.3 is 15.9 Å². The highest BCUT2D eigenvalue weighted by atomic mass is 19.1. The molecular formula is C10H9FN2O3. The molecule has 0 saturated carbocycles. The van der Waals surface area contributed by atoms with Crippen LogP contribution in [0, 0.1) is 17.1 Å². The van der Waals surface area contributed by atoms with Crippen molar-refractivity contribution in [1.29, 1.82) is 5.26 Å². The molecule has 4 N–H and O–H groups in total. The number of primary amides is 1. The van der Waals surface area contributed by atoms with Crippen LogP contribution < -0.4 is 5.73 Å². The Kier molecular flexibility index (Phi) is 3.55. The minimum Gasteiger partial charge on any atom is -0.385 e. The van der Waals surface area contributed by atoms with Gasteiger partial charge in [-0.2, -0.15) is 5.26 Å². The third kappa shape index (κ3) is 2.34. The number of halogens is 1. The fraction of sp³-hybridized carbons (Fsp3) is 0.200. The molecule has 0 bridgehead atoms. The average molecular weight is 224 g/mol. The highest BCUT2D eigenvalue weighted by molar-refractivity contribution is 5.79. The van der Waals surface area contributed by atoms with E-state index in [4.69, 9.17) is 11.0 Å². The van der Waals surface area contributed by atoms with Crippen molar-refractivity contribution in [2.24, 2.45) is 5.73 Å². The lowest BCUT2D eigenvalue weighted by Crippen LogP contribution is -2.34. The van der Waals surface area contributed by atoms with Crippen molar-refractivity contribution in [3.8, 4) is 6.07 Å². The number of aliphatic hydroxyl groups is 2. The van der Waals surface area contributed by atoms with Gasteiger partial charge in [0.15, 0.2) is 6.10 Å². The number of hydrogen-bond acceptors (Lipinski definition) is 4. The molecule has 5 nitrogen and oxygen atoms in total. The minimum atomic E-state index is -1.88. The topological polar surface area (TPSA) is 107 Å². The number of carbonyl (C=O) groups excluding carboxylic acids is 1. The predicted molar refractivity (Wildman–Crippen MR) is 51.3 cm³/mol. The fourth-order valence-electron chi connectivity index (χ4n) is 1.21. The molecule has 0 saturated heterocycles. The first-order chi connectivity index (χ1) is 7.47. The second-order valence-corrected chi connectivity index (χ2v) is 3.14. The number of amides is 1. The quantitative estimate of drug-likeness (QED) is 0.647. The standard InChI is InChI=1S/C10H9FN2O3/c11-6-2-1-5(4-12)7(3-6)8(14)9(15)10(13)16/h1-3,8-9,14-15H,(H2,13,16). The zero-order valence-electron chi connectivity index (χ0n) is 8.09. The van der Waals surface area contributed by atoms with Gasteiger partial charge >= 0.3 is 0 Å². The zero-order chi connectivity index (χ0) is 12.3. The number of nitrogens with zero attached hydrogens (tertiary/aromatic N) is 1. The molecule has 0 fully saturated rings. The molecule has 0 aliphatic heterocycles. The Bertz CT molecular complexity index is 456. The summed E-state index contributed by atoms with van der Waals surface area (Å²) in [6.07, 6.45) is -3.60. The van der Waals surface area contributed by atoms with Crippen LogP contribution in [-0.4, -0.2) is 22.2 Å². The van der Waals surface area contributed by atoms with Gasteiger partial charge in [0, 0.05) is 5.56 Å². The first-order valence-corrected chi connectivity index (χ1v) is 4.32. The Balaban J connectivity index is 3.17. The number of hydrogen-bond donors (Lipinski definition) is 3. The summed E-state index contributed by atoms with van der Waals surface area (Å²) in [6.45, 7) is 0. The van der Waals surface area contributed by atoms with E-state index in [1.54, 1.807) is 6.07 Å². The molecule has 1 rings (SSSR count). The molecule has 1 amide bonds. The average Bonchev–Trinajstić information content (AvgIpc) is 2.26. The third-order valence-corrected chi connectivity index (χ3v) is 2.04. The highest BCUT2D eigenvalue weighted by Gasteiger charge is 2.25. The molecule has 1 aromatic rings. The van der Waals surface area contributed by atoms with Crippen molar-refractivity contribution < 1.29 is 19.4 Å². The number of nitriles is 1. The van der Waals surface area contributed by atoms with Crippen LogP contribution >= 0.6 is 0 Å². The van der Waals surface area contributed by atoms with Crippen LogP contribution in [0.15, 0.2) is 18.2 Å². The van der Waals surface area contributed by atoms with E-state index in [0.717, 1.165) is 18.2 Å². The molecule has 0 aliphatic rings. The maximum atomic E-state index is 12.9. The first kappa shape index (κ1) is 12.1. The molecule has 0 heterocycles. The van der Waals surface area contributed by atoms with Crippen LogP contribution in [0.5, 0.6) is 0 Å². The van der Waals surface area contributed by atoms with E-state index in [1.807, 2.05) is 0 Å². The van der Waals surface area contributed by atoms with Crippen LogP contribution in [0.25, 0.3) is 0 Å². The maximum Gasteiger partial charge on any atom is 0.249 e. The number of carbonyl (C=O) groups is 1. The Hall–Kier alpha value is -1.97. The van der Waals surface area contributed by atoms with Gasteiger partial charge in [0.25, 0.3) is 0 Å². The second-order valence-electron chi connectivity index (χ2n) is 3.14. The molecule has 0 aliphatic carbocycles. The van der Waals surface area contributed by atoms with Crippen molar-refractivity contribution in [3.63, 3.8) is 0 Å². The van der Waals surface area contributed by atoms with Gasteiger partial charge in [-0.25, -0.2) is 4.39 Å². The van der Waals surface area contributed by atoms with Gasteiger partial charge in [-0.1, -0.05) is 0 Å². The maximum absolute atomic E-state index is 12.9. The predicted octanol–water partition coefficient (Wildman–Crippen LogP) is -0.423. The van der Waals surface area contributed by atoms with Gasteiger partial charge in [-0.15, -0.1) is 0 Å². The summed E-state index contributed by atoms with van der Waals surface area (Å²) in [4.78, 5) is 10.6. The van der Waals surface area contributed by atoms with Crippen LogP contribution in [0.2, 0.25) is 0 Å². The summed E-state index contributed by atoms with van der Waals surface area (Å²) in [7, 11) is 0. The summed E-state index contributed by atoms with van der Waals surface area (Å²) in [5.74, 6) is -1.84. The monoisotopic (exact) mass is 224 g/mol. The van der Waals surface area contributed by atoms with Crippen molar-refractivity contribution in [2.75, 3.05) is 0 Å². The van der Waals surface area contributed by atoms with E-state index in [1.165, 1.54) is 0 Å². The molecule has 1 aromatic carbocycles. The number of aliphatic hydroxyl groups excluding tert-OH is 2. The van der Waals surface area contributed by atoms with Crippen LogP contribution in [0.4, 0.5) is 4.39 Å².